The molecule has 34 heavy (non-hydrogen) atoms. The molecule has 8 heteroatoms. The van der Waals surface area contributed by atoms with Crippen molar-refractivity contribution in [3.8, 4) is 11.5 Å². The van der Waals surface area contributed by atoms with Crippen molar-refractivity contribution >= 4 is 27.3 Å². The standard InChI is InChI=1S/C26H29ClN2O4S/c1-20-18-21(8-13-25(20)30)19-29(34(31,32)26-7-3-2-6-24(26)27)22-9-11-23(12-10-22)33-17-16-28-14-4-5-15-28/h2-3,6-13,18,30H,4-5,14-17,19H2,1H3. The summed E-state index contributed by atoms with van der Waals surface area (Å²) in [5, 5.41) is 10.0. The second-order valence-electron chi connectivity index (χ2n) is 8.45. The highest BCUT2D eigenvalue weighted by Crippen LogP contribution is 2.31. The van der Waals surface area contributed by atoms with Crippen molar-refractivity contribution in [1.29, 1.82) is 0 Å². The fourth-order valence-corrected chi connectivity index (χ4v) is 6.03. The van der Waals surface area contributed by atoms with Gasteiger partial charge in [-0.25, -0.2) is 8.42 Å². The molecule has 4 rings (SSSR count). The number of anilines is 1. The number of likely N-dealkylation sites (tertiary alicyclic amines) is 1. The number of hydrogen-bond donors (Lipinski definition) is 1. The molecule has 1 aliphatic heterocycles. The SMILES string of the molecule is Cc1cc(CN(c2ccc(OCCN3CCCC3)cc2)S(=O)(=O)c2ccccc2Cl)ccc1O. The molecule has 0 atom stereocenters. The molecule has 3 aromatic rings. The Morgan fingerprint density at radius 3 is 2.41 bits per heavy atom. The molecule has 0 saturated carbocycles. The summed E-state index contributed by atoms with van der Waals surface area (Å²) in [4.78, 5) is 2.42. The molecule has 0 aromatic heterocycles. The summed E-state index contributed by atoms with van der Waals surface area (Å²) in [6.45, 7) is 5.58. The quantitative estimate of drug-likeness (QED) is 0.436. The number of rotatable bonds is 9. The second-order valence-corrected chi connectivity index (χ2v) is 10.7. The van der Waals surface area contributed by atoms with E-state index in [9.17, 15) is 13.5 Å². The van der Waals surface area contributed by atoms with Gasteiger partial charge in [-0.15, -0.1) is 0 Å². The van der Waals surface area contributed by atoms with Gasteiger partial charge in [-0.3, -0.25) is 9.21 Å². The molecule has 3 aromatic carbocycles. The van der Waals surface area contributed by atoms with Crippen molar-refractivity contribution in [3.63, 3.8) is 0 Å². The van der Waals surface area contributed by atoms with E-state index in [4.69, 9.17) is 16.3 Å². The predicted octanol–water partition coefficient (Wildman–Crippen LogP) is 5.22. The van der Waals surface area contributed by atoms with E-state index < -0.39 is 10.0 Å². The van der Waals surface area contributed by atoms with Gasteiger partial charge in [-0.1, -0.05) is 35.9 Å². The number of aromatic hydroxyl groups is 1. The third-order valence-electron chi connectivity index (χ3n) is 5.99. The average Bonchev–Trinajstić information content (AvgIpc) is 3.34. The molecule has 1 saturated heterocycles. The highest BCUT2D eigenvalue weighted by molar-refractivity contribution is 7.93. The van der Waals surface area contributed by atoms with Gasteiger partial charge in [0, 0.05) is 6.54 Å². The number of phenolic OH excluding ortho intramolecular Hbond substituents is 1. The second kappa shape index (κ2) is 10.7. The van der Waals surface area contributed by atoms with Crippen LogP contribution in [0.3, 0.4) is 0 Å². The van der Waals surface area contributed by atoms with E-state index in [-0.39, 0.29) is 22.2 Å². The zero-order chi connectivity index (χ0) is 24.1. The van der Waals surface area contributed by atoms with Crippen LogP contribution in [0.15, 0.2) is 71.6 Å². The fraction of sp³-hybridized carbons (Fsp3) is 0.308. The Kier molecular flexibility index (Phi) is 7.66. The largest absolute Gasteiger partial charge is 0.508 e. The van der Waals surface area contributed by atoms with E-state index in [0.29, 0.717) is 23.6 Å². The summed E-state index contributed by atoms with van der Waals surface area (Å²) >= 11 is 6.26. The maximum Gasteiger partial charge on any atom is 0.266 e. The third kappa shape index (κ3) is 5.66. The predicted molar refractivity (Wildman–Crippen MR) is 135 cm³/mol. The van der Waals surface area contributed by atoms with E-state index in [1.807, 2.05) is 0 Å². The van der Waals surface area contributed by atoms with Crippen LogP contribution in [0.4, 0.5) is 5.69 Å². The van der Waals surface area contributed by atoms with E-state index in [2.05, 4.69) is 4.90 Å². The molecule has 6 nitrogen and oxygen atoms in total. The number of halogens is 1. The Morgan fingerprint density at radius 2 is 1.74 bits per heavy atom. The smallest absolute Gasteiger partial charge is 0.266 e. The lowest BCUT2D eigenvalue weighted by Gasteiger charge is -2.25. The highest BCUT2D eigenvalue weighted by Gasteiger charge is 2.27. The minimum atomic E-state index is -3.96. The number of aryl methyl sites for hydroxylation is 1. The Balaban J connectivity index is 1.59. The summed E-state index contributed by atoms with van der Waals surface area (Å²) in [7, 11) is -3.96. The van der Waals surface area contributed by atoms with Crippen molar-refractivity contribution in [2.24, 2.45) is 0 Å². The maximum atomic E-state index is 13.7. The molecular formula is C26H29ClN2O4S. The van der Waals surface area contributed by atoms with E-state index in [0.717, 1.165) is 25.2 Å². The van der Waals surface area contributed by atoms with Crippen molar-refractivity contribution < 1.29 is 18.3 Å². The van der Waals surface area contributed by atoms with Crippen LogP contribution in [0, 0.1) is 6.92 Å². The summed E-state index contributed by atoms with van der Waals surface area (Å²) < 4.78 is 34.5. The summed E-state index contributed by atoms with van der Waals surface area (Å²) in [5.74, 6) is 0.859. The van der Waals surface area contributed by atoms with E-state index in [1.54, 1.807) is 67.6 Å². The molecular weight excluding hydrogens is 472 g/mol. The van der Waals surface area contributed by atoms with E-state index >= 15 is 0 Å². The lowest BCUT2D eigenvalue weighted by molar-refractivity contribution is 0.238. The van der Waals surface area contributed by atoms with Crippen molar-refractivity contribution in [2.75, 3.05) is 30.5 Å². The molecule has 0 radical (unpaired) electrons. The van der Waals surface area contributed by atoms with Crippen LogP contribution in [-0.2, 0) is 16.6 Å². The van der Waals surface area contributed by atoms with Gasteiger partial charge in [-0.2, -0.15) is 0 Å². The number of phenols is 1. The van der Waals surface area contributed by atoms with Gasteiger partial charge in [0.2, 0.25) is 0 Å². The van der Waals surface area contributed by atoms with Gasteiger partial charge < -0.3 is 9.84 Å². The Bertz CT molecular complexity index is 1230. The minimum absolute atomic E-state index is 0.0399. The van der Waals surface area contributed by atoms with Crippen molar-refractivity contribution in [3.05, 3.63) is 82.9 Å². The molecule has 1 aliphatic rings. The number of ether oxygens (including phenoxy) is 1. The first-order valence-electron chi connectivity index (χ1n) is 11.4. The molecule has 1 heterocycles. The topological polar surface area (TPSA) is 70.1 Å². The molecule has 0 amide bonds. The first-order valence-corrected chi connectivity index (χ1v) is 13.2. The number of sulfonamides is 1. The molecule has 1 N–H and O–H groups in total. The van der Waals surface area contributed by atoms with Crippen LogP contribution < -0.4 is 9.04 Å². The molecule has 0 unspecified atom stereocenters. The minimum Gasteiger partial charge on any atom is -0.508 e. The van der Waals surface area contributed by atoms with Gasteiger partial charge in [0.05, 0.1) is 17.3 Å². The first-order chi connectivity index (χ1) is 16.3. The lowest BCUT2D eigenvalue weighted by Crippen LogP contribution is -2.30. The molecule has 0 aliphatic carbocycles. The zero-order valence-electron chi connectivity index (χ0n) is 19.2. The van der Waals surface area contributed by atoms with Crippen LogP contribution in [0.5, 0.6) is 11.5 Å². The van der Waals surface area contributed by atoms with Gasteiger partial charge >= 0.3 is 0 Å². The van der Waals surface area contributed by atoms with Gasteiger partial charge in [0.1, 0.15) is 23.0 Å². The normalized spacial score (nSPS) is 14.3. The molecule has 180 valence electrons. The zero-order valence-corrected chi connectivity index (χ0v) is 20.7. The molecule has 0 spiro atoms. The van der Waals surface area contributed by atoms with Gasteiger partial charge in [0.25, 0.3) is 10.0 Å². The average molecular weight is 501 g/mol. The number of nitrogens with zero attached hydrogens (tertiary/aromatic N) is 2. The highest BCUT2D eigenvalue weighted by atomic mass is 35.5. The van der Waals surface area contributed by atoms with Crippen LogP contribution >= 0.6 is 11.6 Å². The van der Waals surface area contributed by atoms with Crippen LogP contribution in [0.1, 0.15) is 24.0 Å². The monoisotopic (exact) mass is 500 g/mol. The number of hydrogen-bond acceptors (Lipinski definition) is 5. The lowest BCUT2D eigenvalue weighted by atomic mass is 10.1. The molecule has 1 fully saturated rings. The van der Waals surface area contributed by atoms with Gasteiger partial charge in [0.15, 0.2) is 0 Å². The van der Waals surface area contributed by atoms with Gasteiger partial charge in [-0.05, 0) is 86.4 Å². The van der Waals surface area contributed by atoms with Crippen molar-refractivity contribution in [2.45, 2.75) is 31.2 Å². The van der Waals surface area contributed by atoms with Crippen LogP contribution in [0.2, 0.25) is 5.02 Å². The first kappa shape index (κ1) is 24.4. The summed E-state index contributed by atoms with van der Waals surface area (Å²) in [6, 6.07) is 18.5. The van der Waals surface area contributed by atoms with E-state index in [1.165, 1.54) is 23.2 Å². The maximum absolute atomic E-state index is 13.7. The Hall–Kier alpha value is -2.74. The van der Waals surface area contributed by atoms with Crippen molar-refractivity contribution in [1.82, 2.24) is 4.90 Å². The van der Waals surface area contributed by atoms with Crippen LogP contribution in [0.25, 0.3) is 0 Å². The van der Waals surface area contributed by atoms with Crippen LogP contribution in [-0.4, -0.2) is 44.7 Å². The number of benzene rings is 3. The molecule has 0 bridgehead atoms. The summed E-state index contributed by atoms with van der Waals surface area (Å²) in [6.07, 6.45) is 2.48. The fourth-order valence-electron chi connectivity index (χ4n) is 4.08. The summed E-state index contributed by atoms with van der Waals surface area (Å²) in [5.41, 5.74) is 1.92. The Morgan fingerprint density at radius 1 is 1.03 bits per heavy atom. The third-order valence-corrected chi connectivity index (χ3v) is 8.27. The Labute approximate surface area is 206 Å².